The van der Waals surface area contributed by atoms with Crippen LogP contribution in [0.15, 0.2) is 12.1 Å². The molecule has 4 heteroatoms. The minimum atomic E-state index is 0.295. The van der Waals surface area contributed by atoms with E-state index >= 15 is 0 Å². The summed E-state index contributed by atoms with van der Waals surface area (Å²) in [4.78, 5) is 12.7. The molecule has 90 valence electrons. The minimum Gasteiger partial charge on any atom is -0.315 e. The Morgan fingerprint density at radius 1 is 1.50 bits per heavy atom. The lowest BCUT2D eigenvalue weighted by Crippen LogP contribution is -2.24. The molecule has 0 atom stereocenters. The number of thiophene rings is 1. The fraction of sp³-hybridized carbons (Fsp3) is 0.583. The molecule has 0 bridgehead atoms. The molecule has 16 heavy (non-hydrogen) atoms. The van der Waals surface area contributed by atoms with Gasteiger partial charge in [-0.15, -0.1) is 11.3 Å². The molecule has 1 rings (SSSR count). The smallest absolute Gasteiger partial charge is 0.138 e. The molecule has 2 nitrogen and oxygen atoms in total. The lowest BCUT2D eigenvalue weighted by molar-refractivity contribution is -0.118. The van der Waals surface area contributed by atoms with Crippen molar-refractivity contribution in [3.05, 3.63) is 21.3 Å². The summed E-state index contributed by atoms with van der Waals surface area (Å²) in [6.07, 6.45) is 2.09. The third-order valence-electron chi connectivity index (χ3n) is 2.19. The van der Waals surface area contributed by atoms with Gasteiger partial charge < -0.3 is 5.32 Å². The van der Waals surface area contributed by atoms with Gasteiger partial charge in [0.05, 0.1) is 4.34 Å². The highest BCUT2D eigenvalue weighted by Gasteiger charge is 2.05. The maximum atomic E-state index is 11.6. The predicted molar refractivity (Wildman–Crippen MR) is 70.4 cm³/mol. The van der Waals surface area contributed by atoms with Gasteiger partial charge >= 0.3 is 0 Å². The lowest BCUT2D eigenvalue weighted by atomic mass is 10.1. The highest BCUT2D eigenvalue weighted by molar-refractivity contribution is 7.16. The highest BCUT2D eigenvalue weighted by atomic mass is 35.5. The number of carbonyl (C=O) groups is 1. The predicted octanol–water partition coefficient (Wildman–Crippen LogP) is 3.29. The van der Waals surface area contributed by atoms with Gasteiger partial charge in [0.2, 0.25) is 0 Å². The molecule has 1 N–H and O–H groups in total. The number of halogens is 1. The maximum Gasteiger partial charge on any atom is 0.138 e. The van der Waals surface area contributed by atoms with E-state index in [1.54, 1.807) is 0 Å². The van der Waals surface area contributed by atoms with Crippen LogP contribution in [-0.4, -0.2) is 18.4 Å². The Hall–Kier alpha value is -0.380. The van der Waals surface area contributed by atoms with Crippen molar-refractivity contribution < 1.29 is 4.79 Å². The lowest BCUT2D eigenvalue weighted by Gasteiger charge is -2.06. The molecule has 1 aromatic rings. The van der Waals surface area contributed by atoms with E-state index in [-0.39, 0.29) is 0 Å². The largest absolute Gasteiger partial charge is 0.315 e. The molecule has 0 radical (unpaired) electrons. The molecule has 1 aromatic heterocycles. The van der Waals surface area contributed by atoms with Crippen molar-refractivity contribution in [3.63, 3.8) is 0 Å². The van der Waals surface area contributed by atoms with E-state index < -0.39 is 0 Å². The zero-order chi connectivity index (χ0) is 12.0. The summed E-state index contributed by atoms with van der Waals surface area (Å²) < 4.78 is 0.754. The van der Waals surface area contributed by atoms with Crippen molar-refractivity contribution in [1.82, 2.24) is 5.32 Å². The fourth-order valence-corrected chi connectivity index (χ4v) is 2.52. The molecule has 0 aliphatic heterocycles. The average Bonchev–Trinajstić information content (AvgIpc) is 2.58. The van der Waals surface area contributed by atoms with Crippen molar-refractivity contribution in [2.75, 3.05) is 6.54 Å². The molecule has 0 saturated carbocycles. The van der Waals surface area contributed by atoms with Crippen LogP contribution in [-0.2, 0) is 11.2 Å². The first kappa shape index (κ1) is 13.7. The van der Waals surface area contributed by atoms with Crippen LogP contribution in [0.5, 0.6) is 0 Å². The second-order valence-electron chi connectivity index (χ2n) is 4.13. The van der Waals surface area contributed by atoms with E-state index in [9.17, 15) is 4.79 Å². The fourth-order valence-electron chi connectivity index (χ4n) is 1.41. The van der Waals surface area contributed by atoms with Gasteiger partial charge in [0.1, 0.15) is 5.78 Å². The number of hydrogen-bond donors (Lipinski definition) is 1. The molecule has 0 aliphatic rings. The van der Waals surface area contributed by atoms with Crippen LogP contribution in [0.2, 0.25) is 4.34 Å². The molecule has 0 aliphatic carbocycles. The summed E-state index contributed by atoms with van der Waals surface area (Å²) in [6, 6.07) is 4.26. The van der Waals surface area contributed by atoms with Crippen LogP contribution < -0.4 is 5.32 Å². The summed E-state index contributed by atoms with van der Waals surface area (Å²) in [6.45, 7) is 5.12. The van der Waals surface area contributed by atoms with E-state index in [1.807, 2.05) is 12.1 Å². The first-order chi connectivity index (χ1) is 7.58. The summed E-state index contributed by atoms with van der Waals surface area (Å²) in [5.74, 6) is 0.295. The summed E-state index contributed by atoms with van der Waals surface area (Å²) in [5, 5.41) is 3.30. The first-order valence-electron chi connectivity index (χ1n) is 5.57. The number of nitrogens with one attached hydrogen (secondary N) is 1. The summed E-state index contributed by atoms with van der Waals surface area (Å²) in [7, 11) is 0. The van der Waals surface area contributed by atoms with Gasteiger partial charge in [0.25, 0.3) is 0 Å². The molecule has 0 spiro atoms. The van der Waals surface area contributed by atoms with Gasteiger partial charge in [-0.2, -0.15) is 0 Å². The number of ketones is 1. The SMILES string of the molecule is CC(C)NCCCC(=O)Cc1ccc(Cl)s1. The second-order valence-corrected chi connectivity index (χ2v) is 5.93. The Bertz CT molecular complexity index is 336. The van der Waals surface area contributed by atoms with E-state index in [0.29, 0.717) is 24.7 Å². The van der Waals surface area contributed by atoms with Gasteiger partial charge in [-0.05, 0) is 25.1 Å². The van der Waals surface area contributed by atoms with Gasteiger partial charge in [-0.3, -0.25) is 4.79 Å². The Kier molecular flexibility index (Phi) is 6.03. The monoisotopic (exact) mass is 259 g/mol. The standard InChI is InChI=1S/C12H18ClNOS/c1-9(2)14-7-3-4-10(15)8-11-5-6-12(13)16-11/h5-6,9,14H,3-4,7-8H2,1-2H3. The second kappa shape index (κ2) is 7.05. The molecule has 0 aromatic carbocycles. The third-order valence-corrected chi connectivity index (χ3v) is 3.42. The number of hydrogen-bond acceptors (Lipinski definition) is 3. The van der Waals surface area contributed by atoms with E-state index in [2.05, 4.69) is 19.2 Å². The summed E-state index contributed by atoms with van der Waals surface area (Å²) >= 11 is 7.29. The van der Waals surface area contributed by atoms with Crippen LogP contribution in [0.25, 0.3) is 0 Å². The Morgan fingerprint density at radius 3 is 2.81 bits per heavy atom. The van der Waals surface area contributed by atoms with E-state index in [4.69, 9.17) is 11.6 Å². The van der Waals surface area contributed by atoms with Crippen LogP contribution in [0, 0.1) is 0 Å². The van der Waals surface area contributed by atoms with E-state index in [0.717, 1.165) is 22.2 Å². The zero-order valence-electron chi connectivity index (χ0n) is 9.75. The van der Waals surface area contributed by atoms with Crippen molar-refractivity contribution in [2.24, 2.45) is 0 Å². The number of carbonyl (C=O) groups excluding carboxylic acids is 1. The molecule has 0 fully saturated rings. The topological polar surface area (TPSA) is 29.1 Å². The summed E-state index contributed by atoms with van der Waals surface area (Å²) in [5.41, 5.74) is 0. The van der Waals surface area contributed by atoms with Gasteiger partial charge in [-0.25, -0.2) is 0 Å². The van der Waals surface area contributed by atoms with Gasteiger partial charge in [0.15, 0.2) is 0 Å². The minimum absolute atomic E-state index is 0.295. The molecule has 0 amide bonds. The Morgan fingerprint density at radius 2 is 2.25 bits per heavy atom. The quantitative estimate of drug-likeness (QED) is 0.762. The molecule has 1 heterocycles. The first-order valence-corrected chi connectivity index (χ1v) is 6.76. The molecule has 0 saturated heterocycles. The van der Waals surface area contributed by atoms with Crippen LogP contribution >= 0.6 is 22.9 Å². The third kappa shape index (κ3) is 5.64. The number of Topliss-reactive ketones (excluding diaryl/α,β-unsaturated/α-hetero) is 1. The van der Waals surface area contributed by atoms with Gasteiger partial charge in [-0.1, -0.05) is 25.4 Å². The molecular formula is C12H18ClNOS. The van der Waals surface area contributed by atoms with Crippen molar-refractivity contribution >= 4 is 28.7 Å². The van der Waals surface area contributed by atoms with Crippen molar-refractivity contribution in [2.45, 2.75) is 39.2 Å². The number of rotatable bonds is 7. The van der Waals surface area contributed by atoms with Crippen molar-refractivity contribution in [3.8, 4) is 0 Å². The Balaban J connectivity index is 2.16. The van der Waals surface area contributed by atoms with Crippen LogP contribution in [0.4, 0.5) is 0 Å². The van der Waals surface area contributed by atoms with Gasteiger partial charge in [0, 0.05) is 23.8 Å². The van der Waals surface area contributed by atoms with Crippen molar-refractivity contribution in [1.29, 1.82) is 0 Å². The zero-order valence-corrected chi connectivity index (χ0v) is 11.3. The van der Waals surface area contributed by atoms with Crippen LogP contribution in [0.1, 0.15) is 31.6 Å². The normalized spacial score (nSPS) is 11.0. The maximum absolute atomic E-state index is 11.6. The average molecular weight is 260 g/mol. The van der Waals surface area contributed by atoms with E-state index in [1.165, 1.54) is 11.3 Å². The molecular weight excluding hydrogens is 242 g/mol. The Labute approximate surface area is 106 Å². The highest BCUT2D eigenvalue weighted by Crippen LogP contribution is 2.22. The molecule has 0 unspecified atom stereocenters. The van der Waals surface area contributed by atoms with Crippen LogP contribution in [0.3, 0.4) is 0 Å².